The van der Waals surface area contributed by atoms with Crippen LogP contribution in [0.4, 0.5) is 5.95 Å². The molecule has 2 rings (SSSR count). The molecule has 5 nitrogen and oxygen atoms in total. The Hall–Kier alpha value is -0.820. The number of rotatable bonds is 1. The third-order valence-electron chi connectivity index (χ3n) is 1.56. The van der Waals surface area contributed by atoms with E-state index in [1.165, 1.54) is 11.8 Å². The van der Waals surface area contributed by atoms with Crippen LogP contribution >= 0.6 is 27.7 Å². The van der Waals surface area contributed by atoms with Gasteiger partial charge in [-0.05, 0) is 22.2 Å². The maximum Gasteiger partial charge on any atom is 0.228 e. The quantitative estimate of drug-likeness (QED) is 0.616. The molecule has 2 aromatic rings. The summed E-state index contributed by atoms with van der Waals surface area (Å²) in [5.41, 5.74) is 6.33. The van der Waals surface area contributed by atoms with Crippen molar-refractivity contribution >= 4 is 39.3 Å². The highest BCUT2D eigenvalue weighted by molar-refractivity contribution is 9.10. The van der Waals surface area contributed by atoms with Gasteiger partial charge < -0.3 is 5.73 Å². The molecule has 2 aromatic heterocycles. The van der Waals surface area contributed by atoms with Gasteiger partial charge in [0, 0.05) is 6.20 Å². The molecule has 2 heterocycles. The minimum absolute atomic E-state index is 0.355. The fraction of sp³-hybridized carbons (Fsp3) is 0.167. The molecule has 0 saturated heterocycles. The largest absolute Gasteiger partial charge is 0.368 e. The van der Waals surface area contributed by atoms with Gasteiger partial charge in [-0.25, -0.2) is 9.38 Å². The van der Waals surface area contributed by atoms with Crippen molar-refractivity contribution in [2.75, 3.05) is 12.0 Å². The predicted octanol–water partition coefficient (Wildman–Crippen LogP) is 1.19. The summed E-state index contributed by atoms with van der Waals surface area (Å²) in [4.78, 5) is 4.18. The number of halogens is 1. The maximum atomic E-state index is 5.64. The van der Waals surface area contributed by atoms with Crippen LogP contribution in [0, 0.1) is 0 Å². The molecule has 0 aliphatic carbocycles. The number of thioether (sulfide) groups is 1. The first-order valence-corrected chi connectivity index (χ1v) is 5.45. The van der Waals surface area contributed by atoms with E-state index in [9.17, 15) is 0 Å². The van der Waals surface area contributed by atoms with Crippen LogP contribution in [0.15, 0.2) is 15.8 Å². The number of anilines is 1. The van der Waals surface area contributed by atoms with Crippen LogP contribution in [0.2, 0.25) is 0 Å². The van der Waals surface area contributed by atoms with Gasteiger partial charge in [0.1, 0.15) is 0 Å². The first kappa shape index (κ1) is 8.76. The smallest absolute Gasteiger partial charge is 0.228 e. The van der Waals surface area contributed by atoms with Crippen molar-refractivity contribution in [3.8, 4) is 0 Å². The molecule has 0 aromatic carbocycles. The van der Waals surface area contributed by atoms with Gasteiger partial charge in [0.15, 0.2) is 10.8 Å². The van der Waals surface area contributed by atoms with Crippen molar-refractivity contribution in [3.05, 3.63) is 10.7 Å². The highest BCUT2D eigenvalue weighted by Crippen LogP contribution is 2.22. The van der Waals surface area contributed by atoms with E-state index in [-0.39, 0.29) is 0 Å². The van der Waals surface area contributed by atoms with Gasteiger partial charge >= 0.3 is 0 Å². The van der Waals surface area contributed by atoms with Gasteiger partial charge in [0.05, 0.1) is 4.47 Å². The number of nitrogen functional groups attached to an aromatic ring is 1. The van der Waals surface area contributed by atoms with Gasteiger partial charge in [0.25, 0.3) is 0 Å². The Kier molecular flexibility index (Phi) is 2.12. The number of aromatic nitrogens is 4. The first-order chi connectivity index (χ1) is 6.24. The third kappa shape index (κ3) is 1.28. The Morgan fingerprint density at radius 1 is 1.54 bits per heavy atom. The van der Waals surface area contributed by atoms with Gasteiger partial charge in [-0.15, -0.1) is 10.2 Å². The highest BCUT2D eigenvalue weighted by Gasteiger charge is 2.09. The zero-order valence-corrected chi connectivity index (χ0v) is 9.13. The molecule has 7 heteroatoms. The van der Waals surface area contributed by atoms with E-state index in [0.29, 0.717) is 11.6 Å². The van der Waals surface area contributed by atoms with E-state index >= 15 is 0 Å². The Morgan fingerprint density at radius 2 is 2.31 bits per heavy atom. The lowest BCUT2D eigenvalue weighted by Gasteiger charge is -2.01. The molecule has 0 aliphatic heterocycles. The molecule has 0 unspecified atom stereocenters. The molecule has 0 bridgehead atoms. The molecule has 0 aliphatic rings. The molecular formula is C6H6BrN5S. The fourth-order valence-electron chi connectivity index (χ4n) is 1.01. The second-order valence-electron chi connectivity index (χ2n) is 2.31. The van der Waals surface area contributed by atoms with E-state index in [0.717, 1.165) is 9.63 Å². The minimum atomic E-state index is 0.355. The van der Waals surface area contributed by atoms with E-state index in [4.69, 9.17) is 5.73 Å². The summed E-state index contributed by atoms with van der Waals surface area (Å²) in [6, 6.07) is 0. The zero-order valence-electron chi connectivity index (χ0n) is 6.73. The standard InChI is InChI=1S/C6H6BrN5S/c1-13-6-9-2-3(7)4-10-11-5(8)12(4)6/h2H,1H3,(H2,8,11). The van der Waals surface area contributed by atoms with Crippen LogP contribution < -0.4 is 5.73 Å². The maximum absolute atomic E-state index is 5.64. The normalized spacial score (nSPS) is 10.9. The SMILES string of the molecule is CSc1ncc(Br)c2nnc(N)n12. The van der Waals surface area contributed by atoms with Gasteiger partial charge in [0.2, 0.25) is 5.95 Å². The Morgan fingerprint density at radius 3 is 3.00 bits per heavy atom. The average Bonchev–Trinajstić information content (AvgIpc) is 2.51. The van der Waals surface area contributed by atoms with Gasteiger partial charge in [-0.2, -0.15) is 0 Å². The second-order valence-corrected chi connectivity index (χ2v) is 3.94. The van der Waals surface area contributed by atoms with Crippen molar-refractivity contribution in [3.63, 3.8) is 0 Å². The van der Waals surface area contributed by atoms with E-state index in [1.807, 2.05) is 6.26 Å². The summed E-state index contributed by atoms with van der Waals surface area (Å²) >= 11 is 4.82. The molecule has 68 valence electrons. The molecule has 0 atom stereocenters. The average molecular weight is 260 g/mol. The molecule has 0 saturated carbocycles. The molecule has 0 amide bonds. The number of hydrogen-bond donors (Lipinski definition) is 1. The number of hydrogen-bond acceptors (Lipinski definition) is 5. The molecule has 0 fully saturated rings. The zero-order chi connectivity index (χ0) is 9.42. The lowest BCUT2D eigenvalue weighted by molar-refractivity contribution is 0.904. The summed E-state index contributed by atoms with van der Waals surface area (Å²) in [6.07, 6.45) is 3.62. The highest BCUT2D eigenvalue weighted by atomic mass is 79.9. The van der Waals surface area contributed by atoms with Crippen LogP contribution in [0.5, 0.6) is 0 Å². The van der Waals surface area contributed by atoms with Crippen molar-refractivity contribution in [2.45, 2.75) is 5.16 Å². The minimum Gasteiger partial charge on any atom is -0.368 e. The van der Waals surface area contributed by atoms with Crippen LogP contribution in [0.3, 0.4) is 0 Å². The first-order valence-electron chi connectivity index (χ1n) is 3.43. The van der Waals surface area contributed by atoms with E-state index < -0.39 is 0 Å². The van der Waals surface area contributed by atoms with Gasteiger partial charge in [-0.3, -0.25) is 0 Å². The summed E-state index contributed by atoms with van der Waals surface area (Å²) in [5, 5.41) is 8.47. The van der Waals surface area contributed by atoms with Crippen LogP contribution in [-0.4, -0.2) is 25.8 Å². The Balaban J connectivity index is 2.88. The summed E-state index contributed by atoms with van der Waals surface area (Å²) in [5.74, 6) is 0.355. The topological polar surface area (TPSA) is 69.1 Å². The predicted molar refractivity (Wildman–Crippen MR) is 54.7 cm³/mol. The number of fused-ring (bicyclic) bond motifs is 1. The lowest BCUT2D eigenvalue weighted by atomic mass is 10.6. The third-order valence-corrected chi connectivity index (χ3v) is 2.78. The van der Waals surface area contributed by atoms with Crippen LogP contribution in [0.25, 0.3) is 5.65 Å². The fourth-order valence-corrected chi connectivity index (χ4v) is 1.89. The Bertz CT molecular complexity index is 453. The van der Waals surface area contributed by atoms with Crippen LogP contribution in [0.1, 0.15) is 0 Å². The molecule has 0 spiro atoms. The number of nitrogens with two attached hydrogens (primary N) is 1. The van der Waals surface area contributed by atoms with Crippen LogP contribution in [-0.2, 0) is 0 Å². The molecular weight excluding hydrogens is 254 g/mol. The Labute approximate surface area is 86.9 Å². The van der Waals surface area contributed by atoms with E-state index in [1.54, 1.807) is 10.6 Å². The van der Waals surface area contributed by atoms with Crippen molar-refractivity contribution in [2.24, 2.45) is 0 Å². The molecule has 0 radical (unpaired) electrons. The van der Waals surface area contributed by atoms with Crippen molar-refractivity contribution in [1.29, 1.82) is 0 Å². The number of nitrogens with zero attached hydrogens (tertiary/aromatic N) is 4. The van der Waals surface area contributed by atoms with Crippen molar-refractivity contribution < 1.29 is 0 Å². The lowest BCUT2D eigenvalue weighted by Crippen LogP contribution is -1.99. The summed E-state index contributed by atoms with van der Waals surface area (Å²) in [6.45, 7) is 0. The summed E-state index contributed by atoms with van der Waals surface area (Å²) < 4.78 is 2.49. The second kappa shape index (κ2) is 3.15. The monoisotopic (exact) mass is 259 g/mol. The van der Waals surface area contributed by atoms with Crippen molar-refractivity contribution in [1.82, 2.24) is 19.6 Å². The summed E-state index contributed by atoms with van der Waals surface area (Å²) in [7, 11) is 0. The van der Waals surface area contributed by atoms with E-state index in [2.05, 4.69) is 31.1 Å². The molecule has 13 heavy (non-hydrogen) atoms. The van der Waals surface area contributed by atoms with Gasteiger partial charge in [-0.1, -0.05) is 11.8 Å². The molecule has 2 N–H and O–H groups in total.